The number of hydrogen-bond donors (Lipinski definition) is 2. The lowest BCUT2D eigenvalue weighted by molar-refractivity contribution is 0.0500. The van der Waals surface area contributed by atoms with Gasteiger partial charge in [-0.25, -0.2) is 23.5 Å². The minimum atomic E-state index is -1.39. The van der Waals surface area contributed by atoms with Gasteiger partial charge >= 0.3 is 12.2 Å². The molecule has 11 heteroatoms. The zero-order chi connectivity index (χ0) is 26.3. The number of carboxylic acid groups (broad SMARTS) is 1. The van der Waals surface area contributed by atoms with Crippen LogP contribution in [0.4, 0.5) is 14.0 Å². The van der Waals surface area contributed by atoms with Gasteiger partial charge in [0.05, 0.1) is 17.9 Å². The monoisotopic (exact) mass is 498 g/mol. The second-order valence-corrected chi connectivity index (χ2v) is 8.85. The van der Waals surface area contributed by atoms with Crippen LogP contribution < -0.4 is 5.32 Å². The van der Waals surface area contributed by atoms with Crippen LogP contribution in [0.2, 0.25) is 0 Å². The number of ether oxygens (including phenoxy) is 1. The molecular formula is C25H27FN4O6. The van der Waals surface area contributed by atoms with Crippen molar-refractivity contribution in [3.63, 3.8) is 0 Å². The van der Waals surface area contributed by atoms with Gasteiger partial charge in [0.15, 0.2) is 5.78 Å². The van der Waals surface area contributed by atoms with E-state index < -0.39 is 29.6 Å². The van der Waals surface area contributed by atoms with Crippen molar-refractivity contribution in [1.29, 1.82) is 0 Å². The number of nitrogens with one attached hydrogen (secondary N) is 1. The van der Waals surface area contributed by atoms with Gasteiger partial charge in [-0.1, -0.05) is 29.4 Å². The lowest BCUT2D eigenvalue weighted by Gasteiger charge is -2.23. The third-order valence-corrected chi connectivity index (χ3v) is 4.93. The van der Waals surface area contributed by atoms with E-state index >= 15 is 0 Å². The van der Waals surface area contributed by atoms with E-state index in [1.54, 1.807) is 39.0 Å². The first kappa shape index (κ1) is 26.3. The molecule has 0 saturated heterocycles. The van der Waals surface area contributed by atoms with E-state index in [2.05, 4.69) is 20.0 Å². The second kappa shape index (κ2) is 11.4. The van der Waals surface area contributed by atoms with Crippen molar-refractivity contribution in [2.45, 2.75) is 51.7 Å². The fourth-order valence-corrected chi connectivity index (χ4v) is 3.40. The fourth-order valence-electron chi connectivity index (χ4n) is 3.40. The number of carbonyl (C=O) groups excluding carboxylic acids is 2. The first-order valence-corrected chi connectivity index (χ1v) is 11.2. The summed E-state index contributed by atoms with van der Waals surface area (Å²) in [5.74, 6) is -0.817. The summed E-state index contributed by atoms with van der Waals surface area (Å²) in [5, 5.41) is 16.2. The van der Waals surface area contributed by atoms with Crippen LogP contribution >= 0.6 is 0 Å². The number of alkyl carbamates (subject to hydrolysis) is 1. The Labute approximate surface area is 206 Å². The highest BCUT2D eigenvalue weighted by Gasteiger charge is 2.27. The Morgan fingerprint density at radius 3 is 2.61 bits per heavy atom. The number of benzene rings is 1. The van der Waals surface area contributed by atoms with Crippen LogP contribution in [-0.4, -0.2) is 43.4 Å². The van der Waals surface area contributed by atoms with Gasteiger partial charge < -0.3 is 19.7 Å². The van der Waals surface area contributed by atoms with Crippen LogP contribution in [-0.2, 0) is 4.74 Å². The molecule has 1 aromatic carbocycles. The molecule has 3 rings (SSSR count). The third-order valence-electron chi connectivity index (χ3n) is 4.93. The molecule has 10 nitrogen and oxygen atoms in total. The molecule has 0 aliphatic heterocycles. The van der Waals surface area contributed by atoms with Gasteiger partial charge in [0.25, 0.3) is 0 Å². The quantitative estimate of drug-likeness (QED) is 0.296. The Hall–Kier alpha value is -4.28. The standard InChI is InChI=1S/C25H27FN4O6/c1-25(2,3)36-23(32)28-19(11-5-4-6-12-21(31)18-13-14-35-29-18)22-27-15-20(30(22)24(33)34)16-9-7-8-10-17(16)26/h4-5,7-10,13-15,19H,6,11-12H2,1-3H3,(H,28,32)(H,33,34)/b5-4+. The SMILES string of the molecule is CC(C)(C)OC(=O)NC(C/C=C/CCC(=O)c1ccon1)c1ncc(-c2ccccc2F)n1C(=O)O. The summed E-state index contributed by atoms with van der Waals surface area (Å²) in [7, 11) is 0. The number of nitrogens with zero attached hydrogens (tertiary/aromatic N) is 3. The number of imidazole rings is 1. The molecule has 2 aromatic heterocycles. The molecular weight excluding hydrogens is 471 g/mol. The van der Waals surface area contributed by atoms with Crippen molar-refractivity contribution >= 4 is 18.0 Å². The van der Waals surface area contributed by atoms with Crippen LogP contribution in [0.3, 0.4) is 0 Å². The van der Waals surface area contributed by atoms with E-state index in [1.807, 2.05) is 0 Å². The largest absolute Gasteiger partial charge is 0.464 e. The minimum Gasteiger partial charge on any atom is -0.464 e. The predicted octanol–water partition coefficient (Wildman–Crippen LogP) is 5.38. The van der Waals surface area contributed by atoms with E-state index in [-0.39, 0.29) is 41.4 Å². The Morgan fingerprint density at radius 2 is 1.97 bits per heavy atom. The summed E-state index contributed by atoms with van der Waals surface area (Å²) in [6, 6.07) is 6.29. The molecule has 1 unspecified atom stereocenters. The highest BCUT2D eigenvalue weighted by Crippen LogP contribution is 2.27. The first-order chi connectivity index (χ1) is 17.1. The van der Waals surface area contributed by atoms with Gasteiger partial charge in [-0.05, 0) is 45.7 Å². The summed E-state index contributed by atoms with van der Waals surface area (Å²) in [6.07, 6.45) is 4.54. The zero-order valence-electron chi connectivity index (χ0n) is 20.1. The lowest BCUT2D eigenvalue weighted by atomic mass is 10.1. The van der Waals surface area contributed by atoms with Crippen molar-refractivity contribution in [3.8, 4) is 11.3 Å². The van der Waals surface area contributed by atoms with Crippen molar-refractivity contribution in [3.05, 3.63) is 72.3 Å². The fraction of sp³-hybridized carbons (Fsp3) is 0.320. The Bertz CT molecular complexity index is 1240. The van der Waals surface area contributed by atoms with E-state index in [0.717, 1.165) is 4.57 Å². The predicted molar refractivity (Wildman–Crippen MR) is 127 cm³/mol. The van der Waals surface area contributed by atoms with E-state index in [1.165, 1.54) is 36.7 Å². The van der Waals surface area contributed by atoms with Crippen molar-refractivity contribution in [1.82, 2.24) is 20.0 Å². The zero-order valence-corrected chi connectivity index (χ0v) is 20.1. The van der Waals surface area contributed by atoms with E-state index in [0.29, 0.717) is 6.42 Å². The number of hydrogen-bond acceptors (Lipinski definition) is 7. The molecule has 3 aromatic rings. The summed E-state index contributed by atoms with van der Waals surface area (Å²) in [5.41, 5.74) is -0.477. The molecule has 0 aliphatic rings. The third kappa shape index (κ3) is 6.87. The van der Waals surface area contributed by atoms with Crippen LogP contribution in [0.25, 0.3) is 11.3 Å². The summed E-state index contributed by atoms with van der Waals surface area (Å²) in [4.78, 5) is 40.9. The maximum absolute atomic E-state index is 14.4. The summed E-state index contributed by atoms with van der Waals surface area (Å²) < 4.78 is 25.2. The number of Topliss-reactive ketones (excluding diaryl/α,β-unsaturated/α-hetero) is 1. The van der Waals surface area contributed by atoms with Crippen LogP contribution in [0.15, 0.2) is 59.5 Å². The minimum absolute atomic E-state index is 0.0186. The topological polar surface area (TPSA) is 137 Å². The summed E-state index contributed by atoms with van der Waals surface area (Å²) >= 11 is 0. The molecule has 0 spiro atoms. The number of amides is 1. The summed E-state index contributed by atoms with van der Waals surface area (Å²) in [6.45, 7) is 5.09. The molecule has 1 amide bonds. The average Bonchev–Trinajstić information content (AvgIpc) is 3.47. The molecule has 0 bridgehead atoms. The molecule has 2 N–H and O–H groups in total. The molecule has 190 valence electrons. The highest BCUT2D eigenvalue weighted by atomic mass is 19.1. The maximum Gasteiger partial charge on any atom is 0.417 e. The van der Waals surface area contributed by atoms with Crippen molar-refractivity contribution in [2.24, 2.45) is 0 Å². The van der Waals surface area contributed by atoms with Crippen molar-refractivity contribution in [2.75, 3.05) is 0 Å². The second-order valence-electron chi connectivity index (χ2n) is 8.85. The molecule has 36 heavy (non-hydrogen) atoms. The Morgan fingerprint density at radius 1 is 1.22 bits per heavy atom. The molecule has 1 atom stereocenters. The molecule has 0 aliphatic carbocycles. The number of ketones is 1. The van der Waals surface area contributed by atoms with Gasteiger partial charge in [-0.2, -0.15) is 0 Å². The number of aromatic nitrogens is 3. The maximum atomic E-state index is 14.4. The normalized spacial score (nSPS) is 12.4. The highest BCUT2D eigenvalue weighted by molar-refractivity contribution is 5.94. The Kier molecular flexibility index (Phi) is 8.36. The molecule has 2 heterocycles. The first-order valence-electron chi connectivity index (χ1n) is 11.2. The van der Waals surface area contributed by atoms with Crippen LogP contribution in [0.1, 0.15) is 62.4 Å². The van der Waals surface area contributed by atoms with Crippen LogP contribution in [0.5, 0.6) is 0 Å². The molecule has 0 saturated carbocycles. The van der Waals surface area contributed by atoms with Gasteiger partial charge in [-0.3, -0.25) is 4.79 Å². The number of carbonyl (C=O) groups is 3. The van der Waals surface area contributed by atoms with Crippen LogP contribution in [0, 0.1) is 5.82 Å². The Balaban J connectivity index is 1.84. The lowest BCUT2D eigenvalue weighted by Crippen LogP contribution is -2.36. The average molecular weight is 499 g/mol. The van der Waals surface area contributed by atoms with Gasteiger partial charge in [-0.15, -0.1) is 0 Å². The number of rotatable bonds is 9. The van der Waals surface area contributed by atoms with Gasteiger partial charge in [0.2, 0.25) is 0 Å². The molecule has 0 fully saturated rings. The smallest absolute Gasteiger partial charge is 0.417 e. The number of halogens is 1. The number of allylic oxidation sites excluding steroid dienone is 1. The molecule has 0 radical (unpaired) electrons. The van der Waals surface area contributed by atoms with E-state index in [4.69, 9.17) is 4.74 Å². The van der Waals surface area contributed by atoms with E-state index in [9.17, 15) is 23.9 Å². The van der Waals surface area contributed by atoms with Crippen molar-refractivity contribution < 1.29 is 33.1 Å². The van der Waals surface area contributed by atoms with Gasteiger partial charge in [0, 0.05) is 18.1 Å². The van der Waals surface area contributed by atoms with Gasteiger partial charge in [0.1, 0.15) is 29.2 Å².